The van der Waals surface area contributed by atoms with Gasteiger partial charge in [-0.1, -0.05) is 12.1 Å². The summed E-state index contributed by atoms with van der Waals surface area (Å²) in [7, 11) is 1.68. The molecular weight excluding hydrogens is 270 g/mol. The zero-order chi connectivity index (χ0) is 15.1. The SMILES string of the molecule is CCCNC(COC)Cc1nc(-c2ccnc(C)n2)no1. The van der Waals surface area contributed by atoms with Crippen molar-refractivity contribution in [2.24, 2.45) is 0 Å². The summed E-state index contributed by atoms with van der Waals surface area (Å²) in [5.74, 6) is 1.75. The first-order valence-corrected chi connectivity index (χ1v) is 7.07. The minimum Gasteiger partial charge on any atom is -0.383 e. The number of nitrogens with one attached hydrogen (secondary N) is 1. The van der Waals surface area contributed by atoms with Gasteiger partial charge < -0.3 is 14.6 Å². The van der Waals surface area contributed by atoms with Crippen LogP contribution in [-0.4, -0.2) is 46.4 Å². The largest absolute Gasteiger partial charge is 0.383 e. The van der Waals surface area contributed by atoms with Crippen molar-refractivity contribution in [1.82, 2.24) is 25.4 Å². The maximum absolute atomic E-state index is 5.30. The quantitative estimate of drug-likeness (QED) is 0.786. The summed E-state index contributed by atoms with van der Waals surface area (Å²) < 4.78 is 10.5. The fourth-order valence-corrected chi connectivity index (χ4v) is 1.97. The van der Waals surface area contributed by atoms with Gasteiger partial charge in [-0.2, -0.15) is 4.98 Å². The van der Waals surface area contributed by atoms with E-state index in [9.17, 15) is 0 Å². The Morgan fingerprint density at radius 2 is 2.24 bits per heavy atom. The number of nitrogens with zero attached hydrogens (tertiary/aromatic N) is 4. The van der Waals surface area contributed by atoms with Gasteiger partial charge in [0, 0.05) is 25.8 Å². The van der Waals surface area contributed by atoms with Crippen LogP contribution in [0.4, 0.5) is 0 Å². The molecule has 0 aliphatic heterocycles. The van der Waals surface area contributed by atoms with Crippen LogP contribution in [0, 0.1) is 6.92 Å². The Balaban J connectivity index is 2.04. The number of aryl methyl sites for hydroxylation is 1. The first kappa shape index (κ1) is 15.5. The van der Waals surface area contributed by atoms with Crippen molar-refractivity contribution in [3.8, 4) is 11.5 Å². The fourth-order valence-electron chi connectivity index (χ4n) is 1.97. The lowest BCUT2D eigenvalue weighted by atomic mass is 10.2. The Bertz CT molecular complexity index is 558. The highest BCUT2D eigenvalue weighted by Crippen LogP contribution is 2.13. The molecule has 2 aromatic rings. The molecule has 0 aromatic carbocycles. The highest BCUT2D eigenvalue weighted by atomic mass is 16.5. The lowest BCUT2D eigenvalue weighted by Crippen LogP contribution is -2.35. The third-order valence-electron chi connectivity index (χ3n) is 2.95. The van der Waals surface area contributed by atoms with Gasteiger partial charge in [0.15, 0.2) is 0 Å². The molecule has 2 aromatic heterocycles. The topological polar surface area (TPSA) is 86.0 Å². The highest BCUT2D eigenvalue weighted by Gasteiger charge is 2.15. The van der Waals surface area contributed by atoms with Crippen molar-refractivity contribution in [3.63, 3.8) is 0 Å². The molecule has 21 heavy (non-hydrogen) atoms. The van der Waals surface area contributed by atoms with Crippen molar-refractivity contribution in [2.45, 2.75) is 32.7 Å². The van der Waals surface area contributed by atoms with Crippen molar-refractivity contribution in [2.75, 3.05) is 20.3 Å². The average molecular weight is 291 g/mol. The highest BCUT2D eigenvalue weighted by molar-refractivity contribution is 5.46. The van der Waals surface area contributed by atoms with Gasteiger partial charge in [-0.05, 0) is 26.0 Å². The van der Waals surface area contributed by atoms with Crippen LogP contribution in [0.15, 0.2) is 16.8 Å². The molecule has 7 nitrogen and oxygen atoms in total. The molecular formula is C14H21N5O2. The van der Waals surface area contributed by atoms with Crippen LogP contribution in [0.25, 0.3) is 11.5 Å². The normalized spacial score (nSPS) is 12.5. The van der Waals surface area contributed by atoms with Crippen molar-refractivity contribution in [3.05, 3.63) is 24.0 Å². The van der Waals surface area contributed by atoms with Crippen molar-refractivity contribution < 1.29 is 9.26 Å². The molecule has 0 aliphatic rings. The lowest BCUT2D eigenvalue weighted by Gasteiger charge is -2.15. The van der Waals surface area contributed by atoms with Gasteiger partial charge in [-0.3, -0.25) is 0 Å². The molecule has 0 radical (unpaired) electrons. The summed E-state index contributed by atoms with van der Waals surface area (Å²) in [6.45, 7) is 5.48. The summed E-state index contributed by atoms with van der Waals surface area (Å²) in [4.78, 5) is 12.7. The molecule has 1 N–H and O–H groups in total. The van der Waals surface area contributed by atoms with Crippen LogP contribution < -0.4 is 5.32 Å². The van der Waals surface area contributed by atoms with Gasteiger partial charge in [-0.15, -0.1) is 0 Å². The van der Waals surface area contributed by atoms with Gasteiger partial charge in [-0.25, -0.2) is 9.97 Å². The monoisotopic (exact) mass is 291 g/mol. The van der Waals surface area contributed by atoms with Gasteiger partial charge in [0.2, 0.25) is 11.7 Å². The molecule has 0 saturated carbocycles. The summed E-state index contributed by atoms with van der Waals surface area (Å²) in [5.41, 5.74) is 0.669. The Kier molecular flexibility index (Phi) is 5.77. The third-order valence-corrected chi connectivity index (χ3v) is 2.95. The van der Waals surface area contributed by atoms with E-state index in [1.54, 1.807) is 19.4 Å². The maximum Gasteiger partial charge on any atom is 0.228 e. The minimum absolute atomic E-state index is 0.162. The van der Waals surface area contributed by atoms with Gasteiger partial charge in [0.1, 0.15) is 11.5 Å². The Hall–Kier alpha value is -1.86. The molecule has 0 bridgehead atoms. The van der Waals surface area contributed by atoms with E-state index in [2.05, 4.69) is 32.3 Å². The number of methoxy groups -OCH3 is 1. The average Bonchev–Trinajstić information content (AvgIpc) is 2.93. The van der Waals surface area contributed by atoms with Gasteiger partial charge in [0.25, 0.3) is 0 Å². The van der Waals surface area contributed by atoms with E-state index in [1.807, 2.05) is 6.92 Å². The van der Waals surface area contributed by atoms with E-state index >= 15 is 0 Å². The second-order valence-electron chi connectivity index (χ2n) is 4.81. The lowest BCUT2D eigenvalue weighted by molar-refractivity contribution is 0.161. The van der Waals surface area contributed by atoms with E-state index in [4.69, 9.17) is 9.26 Å². The smallest absolute Gasteiger partial charge is 0.228 e. The molecule has 114 valence electrons. The summed E-state index contributed by atoms with van der Waals surface area (Å²) >= 11 is 0. The Morgan fingerprint density at radius 3 is 2.95 bits per heavy atom. The number of rotatable bonds is 8. The molecule has 1 atom stereocenters. The second-order valence-corrected chi connectivity index (χ2v) is 4.81. The molecule has 0 spiro atoms. The van der Waals surface area contributed by atoms with Gasteiger partial charge in [0.05, 0.1) is 6.61 Å². The molecule has 0 fully saturated rings. The van der Waals surface area contributed by atoms with E-state index in [0.29, 0.717) is 36.3 Å². The molecule has 2 rings (SSSR count). The standard InChI is InChI=1S/C14H21N5O2/c1-4-6-16-11(9-20-3)8-13-18-14(19-21-13)12-5-7-15-10(2)17-12/h5,7,11,16H,4,6,8-9H2,1-3H3. The van der Waals surface area contributed by atoms with Crippen LogP contribution in [0.2, 0.25) is 0 Å². The first-order chi connectivity index (χ1) is 10.2. The van der Waals surface area contributed by atoms with E-state index < -0.39 is 0 Å². The molecule has 0 aliphatic carbocycles. The molecule has 2 heterocycles. The minimum atomic E-state index is 0.162. The van der Waals surface area contributed by atoms with Crippen molar-refractivity contribution >= 4 is 0 Å². The number of hydrogen-bond acceptors (Lipinski definition) is 7. The Morgan fingerprint density at radius 1 is 1.38 bits per heavy atom. The molecule has 7 heteroatoms. The number of aromatic nitrogens is 4. The zero-order valence-corrected chi connectivity index (χ0v) is 12.7. The van der Waals surface area contributed by atoms with Crippen molar-refractivity contribution in [1.29, 1.82) is 0 Å². The van der Waals surface area contributed by atoms with E-state index in [0.717, 1.165) is 13.0 Å². The summed E-state index contributed by atoms with van der Waals surface area (Å²) in [6, 6.07) is 1.93. The number of hydrogen-bond donors (Lipinski definition) is 1. The van der Waals surface area contributed by atoms with E-state index in [-0.39, 0.29) is 6.04 Å². The third kappa shape index (κ3) is 4.57. The van der Waals surface area contributed by atoms with Crippen LogP contribution >= 0.6 is 0 Å². The fraction of sp³-hybridized carbons (Fsp3) is 0.571. The van der Waals surface area contributed by atoms with E-state index in [1.165, 1.54) is 0 Å². The Labute approximate surface area is 124 Å². The van der Waals surface area contributed by atoms with Crippen LogP contribution in [0.3, 0.4) is 0 Å². The number of ether oxygens (including phenoxy) is 1. The predicted octanol–water partition coefficient (Wildman–Crippen LogP) is 1.39. The van der Waals surface area contributed by atoms with Crippen LogP contribution in [0.5, 0.6) is 0 Å². The summed E-state index contributed by atoms with van der Waals surface area (Å²) in [5, 5.41) is 7.37. The predicted molar refractivity (Wildman–Crippen MR) is 77.7 cm³/mol. The molecule has 1 unspecified atom stereocenters. The first-order valence-electron chi connectivity index (χ1n) is 7.07. The van der Waals surface area contributed by atoms with Crippen LogP contribution in [-0.2, 0) is 11.2 Å². The maximum atomic E-state index is 5.30. The molecule has 0 amide bonds. The van der Waals surface area contributed by atoms with Crippen LogP contribution in [0.1, 0.15) is 25.1 Å². The molecule has 0 saturated heterocycles. The zero-order valence-electron chi connectivity index (χ0n) is 12.7. The second kappa shape index (κ2) is 7.80. The summed E-state index contributed by atoms with van der Waals surface area (Å²) in [6.07, 6.45) is 3.38. The van der Waals surface area contributed by atoms with Gasteiger partial charge >= 0.3 is 0 Å².